The Morgan fingerprint density at radius 3 is 2.92 bits per heavy atom. The summed E-state index contributed by atoms with van der Waals surface area (Å²) < 4.78 is 4.44. The first kappa shape index (κ1) is 10.9. The predicted molar refractivity (Wildman–Crippen MR) is 44.3 cm³/mol. The molecule has 0 fully saturated rings. The smallest absolute Gasteiger partial charge is 0.306 e. The van der Waals surface area contributed by atoms with E-state index in [1.165, 1.54) is 7.11 Å². The van der Waals surface area contributed by atoms with E-state index in [1.807, 2.05) is 6.92 Å². The van der Waals surface area contributed by atoms with Gasteiger partial charge in [-0.05, 0) is 6.92 Å². The number of nitrogens with zero attached hydrogens (tertiary/aromatic N) is 1. The van der Waals surface area contributed by atoms with Gasteiger partial charge in [-0.3, -0.25) is 4.79 Å². The number of methoxy groups -OCH3 is 1. The number of rotatable bonds is 5. The molecule has 68 valence electrons. The average Bonchev–Trinajstić information content (AvgIpc) is 2.11. The molecule has 0 aliphatic heterocycles. The van der Waals surface area contributed by atoms with E-state index in [2.05, 4.69) is 16.1 Å². The predicted octanol–water partition coefficient (Wildman–Crippen LogP) is 0.299. The van der Waals surface area contributed by atoms with Crippen molar-refractivity contribution in [2.75, 3.05) is 20.2 Å². The van der Waals surface area contributed by atoms with Crippen LogP contribution in [0.3, 0.4) is 0 Å². The number of hydrogen-bond acceptors (Lipinski definition) is 4. The SMILES string of the molecule is COC(=O)CCNCC(C)C#N. The minimum atomic E-state index is -0.230. The number of ether oxygens (including phenoxy) is 1. The molecule has 4 heteroatoms. The van der Waals surface area contributed by atoms with Gasteiger partial charge in [-0.25, -0.2) is 0 Å². The van der Waals surface area contributed by atoms with Crippen molar-refractivity contribution in [1.29, 1.82) is 5.26 Å². The van der Waals surface area contributed by atoms with Crippen molar-refractivity contribution >= 4 is 5.97 Å². The molecule has 1 unspecified atom stereocenters. The molecular weight excluding hydrogens is 156 g/mol. The molecule has 0 bridgehead atoms. The van der Waals surface area contributed by atoms with Gasteiger partial charge in [-0.1, -0.05) is 0 Å². The summed E-state index contributed by atoms with van der Waals surface area (Å²) in [4.78, 5) is 10.6. The van der Waals surface area contributed by atoms with E-state index in [-0.39, 0.29) is 11.9 Å². The molecule has 4 nitrogen and oxygen atoms in total. The van der Waals surface area contributed by atoms with Gasteiger partial charge in [0, 0.05) is 13.1 Å². The van der Waals surface area contributed by atoms with Crippen molar-refractivity contribution in [3.63, 3.8) is 0 Å². The number of nitriles is 1. The van der Waals surface area contributed by atoms with Crippen LogP contribution in [0.4, 0.5) is 0 Å². The molecule has 0 spiro atoms. The van der Waals surface area contributed by atoms with Gasteiger partial charge in [-0.2, -0.15) is 5.26 Å². The van der Waals surface area contributed by atoms with Gasteiger partial charge < -0.3 is 10.1 Å². The number of esters is 1. The highest BCUT2D eigenvalue weighted by atomic mass is 16.5. The van der Waals surface area contributed by atoms with Gasteiger partial charge in [-0.15, -0.1) is 0 Å². The van der Waals surface area contributed by atoms with Crippen LogP contribution in [0.5, 0.6) is 0 Å². The first-order valence-electron chi connectivity index (χ1n) is 3.88. The summed E-state index contributed by atoms with van der Waals surface area (Å²) in [6, 6.07) is 2.09. The molecule has 12 heavy (non-hydrogen) atoms. The van der Waals surface area contributed by atoms with Crippen molar-refractivity contribution < 1.29 is 9.53 Å². The van der Waals surface area contributed by atoms with Crippen LogP contribution in [0.15, 0.2) is 0 Å². The monoisotopic (exact) mass is 170 g/mol. The van der Waals surface area contributed by atoms with E-state index in [0.717, 1.165) is 0 Å². The second kappa shape index (κ2) is 6.62. The minimum Gasteiger partial charge on any atom is -0.469 e. The van der Waals surface area contributed by atoms with Crippen molar-refractivity contribution in [2.24, 2.45) is 5.92 Å². The standard InChI is InChI=1S/C8H14N2O2/c1-7(5-9)6-10-4-3-8(11)12-2/h7,10H,3-4,6H2,1-2H3. The summed E-state index contributed by atoms with van der Waals surface area (Å²) in [5.41, 5.74) is 0. The Hall–Kier alpha value is -1.08. The zero-order chi connectivity index (χ0) is 9.40. The van der Waals surface area contributed by atoms with Crippen molar-refractivity contribution in [3.05, 3.63) is 0 Å². The highest BCUT2D eigenvalue weighted by molar-refractivity contribution is 5.69. The second-order valence-electron chi connectivity index (χ2n) is 2.56. The van der Waals surface area contributed by atoms with Crippen LogP contribution in [0.1, 0.15) is 13.3 Å². The fraction of sp³-hybridized carbons (Fsp3) is 0.750. The van der Waals surface area contributed by atoms with Gasteiger partial charge in [0.1, 0.15) is 0 Å². The Bertz CT molecular complexity index is 174. The number of nitrogens with one attached hydrogen (secondary N) is 1. The Labute approximate surface area is 72.5 Å². The summed E-state index contributed by atoms with van der Waals surface area (Å²) in [5.74, 6) is -0.241. The van der Waals surface area contributed by atoms with E-state index in [1.54, 1.807) is 0 Å². The van der Waals surface area contributed by atoms with Crippen LogP contribution in [-0.4, -0.2) is 26.2 Å². The van der Waals surface area contributed by atoms with Gasteiger partial charge in [0.2, 0.25) is 0 Å². The average molecular weight is 170 g/mol. The molecule has 0 saturated heterocycles. The third-order valence-electron chi connectivity index (χ3n) is 1.40. The van der Waals surface area contributed by atoms with Gasteiger partial charge in [0.15, 0.2) is 0 Å². The molecule has 0 heterocycles. The summed E-state index contributed by atoms with van der Waals surface area (Å²) in [7, 11) is 1.36. The number of carbonyl (C=O) groups is 1. The molecule has 0 aromatic rings. The molecular formula is C8H14N2O2. The fourth-order valence-electron chi connectivity index (χ4n) is 0.657. The highest BCUT2D eigenvalue weighted by Gasteiger charge is 2.00. The zero-order valence-corrected chi connectivity index (χ0v) is 7.46. The van der Waals surface area contributed by atoms with E-state index in [9.17, 15) is 4.79 Å². The quantitative estimate of drug-likeness (QED) is 0.476. The maximum Gasteiger partial charge on any atom is 0.306 e. The topological polar surface area (TPSA) is 62.1 Å². The largest absolute Gasteiger partial charge is 0.469 e. The first-order valence-corrected chi connectivity index (χ1v) is 3.88. The fourth-order valence-corrected chi connectivity index (χ4v) is 0.657. The summed E-state index contributed by atoms with van der Waals surface area (Å²) in [6.45, 7) is 3.01. The van der Waals surface area contributed by atoms with Crippen LogP contribution >= 0.6 is 0 Å². The van der Waals surface area contributed by atoms with Crippen LogP contribution in [0, 0.1) is 17.2 Å². The number of carbonyl (C=O) groups excluding carboxylic acids is 1. The third-order valence-corrected chi connectivity index (χ3v) is 1.40. The van der Waals surface area contributed by atoms with Crippen LogP contribution in [0.2, 0.25) is 0 Å². The Morgan fingerprint density at radius 2 is 2.42 bits per heavy atom. The molecule has 1 N–H and O–H groups in total. The van der Waals surface area contributed by atoms with Crippen LogP contribution < -0.4 is 5.32 Å². The maximum absolute atomic E-state index is 10.6. The second-order valence-corrected chi connectivity index (χ2v) is 2.56. The van der Waals surface area contributed by atoms with Gasteiger partial charge >= 0.3 is 5.97 Å². The van der Waals surface area contributed by atoms with E-state index < -0.39 is 0 Å². The zero-order valence-electron chi connectivity index (χ0n) is 7.46. The third kappa shape index (κ3) is 5.69. The minimum absolute atomic E-state index is 0.0114. The summed E-state index contributed by atoms with van der Waals surface area (Å²) in [5, 5.41) is 11.4. The lowest BCUT2D eigenvalue weighted by molar-refractivity contribution is -0.140. The summed E-state index contributed by atoms with van der Waals surface area (Å²) in [6.07, 6.45) is 0.356. The molecule has 0 aromatic heterocycles. The maximum atomic E-state index is 10.6. The molecule has 1 atom stereocenters. The lowest BCUT2D eigenvalue weighted by Crippen LogP contribution is -2.23. The highest BCUT2D eigenvalue weighted by Crippen LogP contribution is 1.88. The molecule has 0 rings (SSSR count). The molecule has 0 saturated carbocycles. The van der Waals surface area contributed by atoms with Crippen LogP contribution in [-0.2, 0) is 9.53 Å². The Kier molecular flexibility index (Phi) is 6.02. The van der Waals surface area contributed by atoms with E-state index in [0.29, 0.717) is 19.5 Å². The first-order chi connectivity index (χ1) is 5.70. The Morgan fingerprint density at radius 1 is 1.75 bits per heavy atom. The van der Waals surface area contributed by atoms with Crippen molar-refractivity contribution in [2.45, 2.75) is 13.3 Å². The molecule has 0 aliphatic carbocycles. The van der Waals surface area contributed by atoms with E-state index in [4.69, 9.17) is 5.26 Å². The lowest BCUT2D eigenvalue weighted by Gasteiger charge is -2.03. The molecule has 0 amide bonds. The molecule has 0 aromatic carbocycles. The van der Waals surface area contributed by atoms with Gasteiger partial charge in [0.25, 0.3) is 0 Å². The molecule has 0 radical (unpaired) electrons. The lowest BCUT2D eigenvalue weighted by atomic mass is 10.2. The van der Waals surface area contributed by atoms with E-state index >= 15 is 0 Å². The van der Waals surface area contributed by atoms with Crippen molar-refractivity contribution in [3.8, 4) is 6.07 Å². The van der Waals surface area contributed by atoms with Crippen molar-refractivity contribution in [1.82, 2.24) is 5.32 Å². The molecule has 0 aliphatic rings. The van der Waals surface area contributed by atoms with Gasteiger partial charge in [0.05, 0.1) is 25.5 Å². The summed E-state index contributed by atoms with van der Waals surface area (Å²) >= 11 is 0. The Balaban J connectivity index is 3.23. The van der Waals surface area contributed by atoms with Crippen LogP contribution in [0.25, 0.3) is 0 Å². The number of hydrogen-bond donors (Lipinski definition) is 1. The normalized spacial score (nSPS) is 11.8.